The molecule has 0 aromatic heterocycles. The molecule has 1 aliphatic rings. The molecule has 2 rings (SSSR count). The van der Waals surface area contributed by atoms with Gasteiger partial charge in [0.1, 0.15) is 0 Å². The van der Waals surface area contributed by atoms with Gasteiger partial charge in [0.15, 0.2) is 17.3 Å². The lowest BCUT2D eigenvalue weighted by atomic mass is 9.98. The average Bonchev–Trinajstić information content (AvgIpc) is 2.75. The van der Waals surface area contributed by atoms with Gasteiger partial charge in [-0.1, -0.05) is 12.1 Å². The Labute approximate surface area is 94.7 Å². The van der Waals surface area contributed by atoms with Crippen LogP contribution in [-0.4, -0.2) is 20.0 Å². The minimum Gasteiger partial charge on any atom is -0.493 e. The summed E-state index contributed by atoms with van der Waals surface area (Å²) in [5, 5.41) is 0. The highest BCUT2D eigenvalue weighted by Crippen LogP contribution is 2.33. The van der Waals surface area contributed by atoms with Gasteiger partial charge in [0.25, 0.3) is 0 Å². The van der Waals surface area contributed by atoms with E-state index in [0.29, 0.717) is 17.9 Å². The fourth-order valence-electron chi connectivity index (χ4n) is 1.89. The van der Waals surface area contributed by atoms with Gasteiger partial charge in [-0.05, 0) is 23.8 Å². The van der Waals surface area contributed by atoms with Crippen molar-refractivity contribution in [3.63, 3.8) is 0 Å². The molecule has 1 atom stereocenters. The molecule has 1 aromatic carbocycles. The second-order valence-corrected chi connectivity index (χ2v) is 3.75. The van der Waals surface area contributed by atoms with E-state index in [1.54, 1.807) is 20.3 Å². The normalized spacial score (nSPS) is 18.9. The van der Waals surface area contributed by atoms with Crippen LogP contribution in [0.5, 0.6) is 11.5 Å². The van der Waals surface area contributed by atoms with Crippen LogP contribution in [-0.2, 0) is 4.79 Å². The molecule has 0 fully saturated rings. The average molecular weight is 218 g/mol. The van der Waals surface area contributed by atoms with Crippen LogP contribution >= 0.6 is 0 Å². The summed E-state index contributed by atoms with van der Waals surface area (Å²) >= 11 is 0. The predicted molar refractivity (Wildman–Crippen MR) is 61.1 cm³/mol. The third-order valence-corrected chi connectivity index (χ3v) is 2.77. The van der Waals surface area contributed by atoms with Crippen LogP contribution in [0, 0.1) is 0 Å². The SMILES string of the molecule is COc1ccc(C2C=CC(=O)C2)cc1OC. The molecule has 0 saturated carbocycles. The molecule has 16 heavy (non-hydrogen) atoms. The Balaban J connectivity index is 2.29. The number of carbonyl (C=O) groups is 1. The number of hydrogen-bond acceptors (Lipinski definition) is 3. The third-order valence-electron chi connectivity index (χ3n) is 2.77. The number of benzene rings is 1. The maximum Gasteiger partial charge on any atom is 0.161 e. The highest BCUT2D eigenvalue weighted by molar-refractivity contribution is 5.93. The van der Waals surface area contributed by atoms with E-state index in [0.717, 1.165) is 5.56 Å². The molecule has 3 nitrogen and oxygen atoms in total. The number of methoxy groups -OCH3 is 2. The number of ether oxygens (including phenoxy) is 2. The van der Waals surface area contributed by atoms with Crippen LogP contribution < -0.4 is 9.47 Å². The molecule has 0 N–H and O–H groups in total. The van der Waals surface area contributed by atoms with E-state index in [-0.39, 0.29) is 11.7 Å². The first kappa shape index (κ1) is 10.7. The smallest absolute Gasteiger partial charge is 0.161 e. The molecular formula is C13H14O3. The standard InChI is InChI=1S/C13H14O3/c1-15-12-6-4-10(8-13(12)16-2)9-3-5-11(14)7-9/h3-6,8-9H,7H2,1-2H3. The van der Waals surface area contributed by atoms with Crippen LogP contribution in [0.4, 0.5) is 0 Å². The fraction of sp³-hybridized carbons (Fsp3) is 0.308. The minimum atomic E-state index is 0.173. The second kappa shape index (κ2) is 4.39. The third kappa shape index (κ3) is 1.94. The van der Waals surface area contributed by atoms with Gasteiger partial charge in [-0.3, -0.25) is 4.79 Å². The van der Waals surface area contributed by atoms with E-state index < -0.39 is 0 Å². The van der Waals surface area contributed by atoms with Gasteiger partial charge in [-0.25, -0.2) is 0 Å². The molecule has 0 saturated heterocycles. The highest BCUT2D eigenvalue weighted by atomic mass is 16.5. The Bertz CT molecular complexity index is 435. The van der Waals surface area contributed by atoms with Crippen LogP contribution in [0.15, 0.2) is 30.4 Å². The number of allylic oxidation sites excluding steroid dienone is 2. The van der Waals surface area contributed by atoms with E-state index in [1.165, 1.54) is 0 Å². The van der Waals surface area contributed by atoms with Crippen molar-refractivity contribution in [3.8, 4) is 11.5 Å². The van der Waals surface area contributed by atoms with Gasteiger partial charge in [0, 0.05) is 12.3 Å². The highest BCUT2D eigenvalue weighted by Gasteiger charge is 2.18. The molecule has 1 aliphatic carbocycles. The summed E-state index contributed by atoms with van der Waals surface area (Å²) in [6.07, 6.45) is 4.13. The number of ketones is 1. The summed E-state index contributed by atoms with van der Waals surface area (Å²) in [4.78, 5) is 11.2. The summed E-state index contributed by atoms with van der Waals surface area (Å²) < 4.78 is 10.4. The van der Waals surface area contributed by atoms with Crippen LogP contribution in [0.1, 0.15) is 17.9 Å². The first-order chi connectivity index (χ1) is 7.74. The first-order valence-corrected chi connectivity index (χ1v) is 5.17. The van der Waals surface area contributed by atoms with E-state index >= 15 is 0 Å². The van der Waals surface area contributed by atoms with E-state index in [1.807, 2.05) is 24.3 Å². The number of hydrogen-bond donors (Lipinski definition) is 0. The first-order valence-electron chi connectivity index (χ1n) is 5.17. The van der Waals surface area contributed by atoms with Crippen LogP contribution in [0.2, 0.25) is 0 Å². The molecule has 0 amide bonds. The summed E-state index contributed by atoms with van der Waals surface area (Å²) in [5.74, 6) is 1.76. The lowest BCUT2D eigenvalue weighted by Crippen LogP contribution is -1.97. The quantitative estimate of drug-likeness (QED) is 0.781. The zero-order chi connectivity index (χ0) is 11.5. The van der Waals surface area contributed by atoms with E-state index in [4.69, 9.17) is 9.47 Å². The Kier molecular flexibility index (Phi) is 2.95. The molecule has 0 spiro atoms. The van der Waals surface area contributed by atoms with Crippen molar-refractivity contribution in [1.82, 2.24) is 0 Å². The molecular weight excluding hydrogens is 204 g/mol. The van der Waals surface area contributed by atoms with E-state index in [2.05, 4.69) is 0 Å². The summed E-state index contributed by atoms with van der Waals surface area (Å²) in [6, 6.07) is 5.76. The maximum absolute atomic E-state index is 11.2. The van der Waals surface area contributed by atoms with Crippen LogP contribution in [0.3, 0.4) is 0 Å². The van der Waals surface area contributed by atoms with Gasteiger partial charge in [0.2, 0.25) is 0 Å². The largest absolute Gasteiger partial charge is 0.493 e. The minimum absolute atomic E-state index is 0.173. The number of carbonyl (C=O) groups excluding carboxylic acids is 1. The summed E-state index contributed by atoms with van der Waals surface area (Å²) in [6.45, 7) is 0. The van der Waals surface area contributed by atoms with Gasteiger partial charge in [-0.15, -0.1) is 0 Å². The lowest BCUT2D eigenvalue weighted by molar-refractivity contribution is -0.114. The van der Waals surface area contributed by atoms with Gasteiger partial charge >= 0.3 is 0 Å². The van der Waals surface area contributed by atoms with Gasteiger partial charge in [-0.2, -0.15) is 0 Å². The monoisotopic (exact) mass is 218 g/mol. The Morgan fingerprint density at radius 1 is 1.19 bits per heavy atom. The van der Waals surface area contributed by atoms with Gasteiger partial charge in [0.05, 0.1) is 14.2 Å². The molecule has 1 unspecified atom stereocenters. The van der Waals surface area contributed by atoms with Crippen molar-refractivity contribution in [3.05, 3.63) is 35.9 Å². The maximum atomic E-state index is 11.2. The molecule has 0 radical (unpaired) electrons. The van der Waals surface area contributed by atoms with Gasteiger partial charge < -0.3 is 9.47 Å². The summed E-state index contributed by atoms with van der Waals surface area (Å²) in [7, 11) is 3.22. The Morgan fingerprint density at radius 3 is 2.50 bits per heavy atom. The number of rotatable bonds is 3. The molecule has 0 bridgehead atoms. The Morgan fingerprint density at radius 2 is 1.94 bits per heavy atom. The molecule has 0 heterocycles. The summed E-state index contributed by atoms with van der Waals surface area (Å²) in [5.41, 5.74) is 1.08. The zero-order valence-corrected chi connectivity index (χ0v) is 9.40. The molecule has 84 valence electrons. The van der Waals surface area contributed by atoms with Crippen molar-refractivity contribution < 1.29 is 14.3 Å². The predicted octanol–water partition coefficient (Wildman–Crippen LogP) is 2.32. The molecule has 1 aromatic rings. The molecule has 3 heteroatoms. The van der Waals surface area contributed by atoms with Crippen molar-refractivity contribution in [2.45, 2.75) is 12.3 Å². The Hall–Kier alpha value is -1.77. The van der Waals surface area contributed by atoms with E-state index in [9.17, 15) is 4.79 Å². The fourth-order valence-corrected chi connectivity index (χ4v) is 1.89. The second-order valence-electron chi connectivity index (χ2n) is 3.75. The zero-order valence-electron chi connectivity index (χ0n) is 9.40. The topological polar surface area (TPSA) is 35.5 Å². The van der Waals surface area contributed by atoms with Crippen molar-refractivity contribution in [2.24, 2.45) is 0 Å². The van der Waals surface area contributed by atoms with Crippen molar-refractivity contribution in [2.75, 3.05) is 14.2 Å². The lowest BCUT2D eigenvalue weighted by Gasteiger charge is -2.12. The van der Waals surface area contributed by atoms with Crippen molar-refractivity contribution >= 4 is 5.78 Å². The van der Waals surface area contributed by atoms with Crippen molar-refractivity contribution in [1.29, 1.82) is 0 Å². The van der Waals surface area contributed by atoms with Crippen LogP contribution in [0.25, 0.3) is 0 Å². The molecule has 0 aliphatic heterocycles.